The van der Waals surface area contributed by atoms with Crippen LogP contribution in [-0.4, -0.2) is 15.2 Å². The lowest BCUT2D eigenvalue weighted by molar-refractivity contribution is -0.113. The third-order valence-electron chi connectivity index (χ3n) is 3.61. The average Bonchev–Trinajstić information content (AvgIpc) is 2.78. The first kappa shape index (κ1) is 14.9. The number of aryl methyl sites for hydroxylation is 1. The molecule has 0 saturated carbocycles. The van der Waals surface area contributed by atoms with Crippen LogP contribution >= 0.6 is 24.0 Å². The molecule has 0 atom stereocenters. The fourth-order valence-corrected chi connectivity index (χ4v) is 3.55. The summed E-state index contributed by atoms with van der Waals surface area (Å²) in [5, 5.41) is 0. The predicted molar refractivity (Wildman–Crippen MR) is 95.8 cm³/mol. The van der Waals surface area contributed by atoms with Gasteiger partial charge in [-0.2, -0.15) is 0 Å². The summed E-state index contributed by atoms with van der Waals surface area (Å²) in [4.78, 5) is 19.0. The molecule has 0 bridgehead atoms. The Balaban J connectivity index is 1.99. The third kappa shape index (κ3) is 2.69. The summed E-state index contributed by atoms with van der Waals surface area (Å²) in [5.41, 5.74) is 4.02. The van der Waals surface area contributed by atoms with Crippen LogP contribution in [0.5, 0.6) is 0 Å². The number of anilines is 1. The fourth-order valence-electron chi connectivity index (χ4n) is 2.26. The molecule has 1 aliphatic rings. The van der Waals surface area contributed by atoms with Crippen LogP contribution in [0, 0.1) is 13.8 Å². The molecule has 1 saturated heterocycles. The Bertz CT molecular complexity index is 785. The number of carbonyl (C=O) groups is 1. The smallest absolute Gasteiger partial charge is 0.268 e. The Kier molecular flexibility index (Phi) is 4.09. The van der Waals surface area contributed by atoms with Gasteiger partial charge in [0.2, 0.25) is 0 Å². The Morgan fingerprint density at radius 1 is 1.18 bits per heavy atom. The summed E-state index contributed by atoms with van der Waals surface area (Å²) in [6, 6.07) is 9.64. The van der Waals surface area contributed by atoms with E-state index in [0.717, 1.165) is 22.4 Å². The van der Waals surface area contributed by atoms with Gasteiger partial charge in [-0.25, -0.2) is 0 Å². The van der Waals surface area contributed by atoms with Crippen molar-refractivity contribution in [2.45, 2.75) is 13.8 Å². The zero-order valence-corrected chi connectivity index (χ0v) is 13.9. The highest BCUT2D eigenvalue weighted by Crippen LogP contribution is 2.37. The molecule has 1 fully saturated rings. The van der Waals surface area contributed by atoms with Crippen molar-refractivity contribution in [3.8, 4) is 0 Å². The molecule has 1 aromatic heterocycles. The van der Waals surface area contributed by atoms with Gasteiger partial charge in [0.1, 0.15) is 0 Å². The van der Waals surface area contributed by atoms with Crippen molar-refractivity contribution in [3.05, 3.63) is 64.3 Å². The molecule has 3 nitrogen and oxygen atoms in total. The molecular weight excluding hydrogens is 312 g/mol. The standard InChI is InChI=1S/C17H14N2OS2/c1-11-4-3-5-14(12(11)2)19-16(20)15(22-17(19)21)10-13-6-8-18-9-7-13/h3-10H,1-2H3/b15-10-. The maximum Gasteiger partial charge on any atom is 0.270 e. The van der Waals surface area contributed by atoms with Crippen molar-refractivity contribution in [2.75, 3.05) is 4.90 Å². The number of rotatable bonds is 2. The molecule has 1 amide bonds. The highest BCUT2D eigenvalue weighted by Gasteiger charge is 2.34. The quantitative estimate of drug-likeness (QED) is 0.614. The Morgan fingerprint density at radius 2 is 1.91 bits per heavy atom. The zero-order valence-electron chi connectivity index (χ0n) is 12.2. The number of amides is 1. The van der Waals surface area contributed by atoms with E-state index in [9.17, 15) is 4.79 Å². The van der Waals surface area contributed by atoms with E-state index < -0.39 is 0 Å². The van der Waals surface area contributed by atoms with Gasteiger partial charge < -0.3 is 0 Å². The van der Waals surface area contributed by atoms with Gasteiger partial charge in [0, 0.05) is 12.4 Å². The molecule has 3 rings (SSSR count). The summed E-state index contributed by atoms with van der Waals surface area (Å²) >= 11 is 6.75. The van der Waals surface area contributed by atoms with E-state index in [-0.39, 0.29) is 5.91 Å². The van der Waals surface area contributed by atoms with Crippen LogP contribution in [0.15, 0.2) is 47.6 Å². The molecule has 1 aromatic carbocycles. The van der Waals surface area contributed by atoms with Crippen LogP contribution in [0.2, 0.25) is 0 Å². The highest BCUT2D eigenvalue weighted by molar-refractivity contribution is 8.27. The number of thiocarbonyl (C=S) groups is 1. The number of pyridine rings is 1. The molecule has 0 spiro atoms. The molecule has 1 aliphatic heterocycles. The lowest BCUT2D eigenvalue weighted by Crippen LogP contribution is -2.28. The molecule has 0 unspecified atom stereocenters. The van der Waals surface area contributed by atoms with E-state index in [2.05, 4.69) is 4.98 Å². The first-order valence-electron chi connectivity index (χ1n) is 6.82. The van der Waals surface area contributed by atoms with E-state index in [0.29, 0.717) is 9.23 Å². The molecule has 0 N–H and O–H groups in total. The van der Waals surface area contributed by atoms with Gasteiger partial charge in [-0.15, -0.1) is 0 Å². The second kappa shape index (κ2) is 6.02. The van der Waals surface area contributed by atoms with E-state index >= 15 is 0 Å². The van der Waals surface area contributed by atoms with Crippen molar-refractivity contribution in [2.24, 2.45) is 0 Å². The summed E-state index contributed by atoms with van der Waals surface area (Å²) in [5.74, 6) is -0.0690. The minimum atomic E-state index is -0.0690. The largest absolute Gasteiger partial charge is 0.270 e. The van der Waals surface area contributed by atoms with Crippen LogP contribution < -0.4 is 4.90 Å². The van der Waals surface area contributed by atoms with E-state index in [1.165, 1.54) is 11.8 Å². The second-order valence-electron chi connectivity index (χ2n) is 5.02. The molecule has 2 aromatic rings. The predicted octanol–water partition coefficient (Wildman–Crippen LogP) is 4.10. The van der Waals surface area contributed by atoms with Crippen LogP contribution in [0.1, 0.15) is 16.7 Å². The number of hydrogen-bond donors (Lipinski definition) is 0. The Morgan fingerprint density at radius 3 is 2.64 bits per heavy atom. The van der Waals surface area contributed by atoms with Gasteiger partial charge >= 0.3 is 0 Å². The van der Waals surface area contributed by atoms with Crippen LogP contribution in [-0.2, 0) is 4.79 Å². The first-order valence-corrected chi connectivity index (χ1v) is 8.04. The summed E-state index contributed by atoms with van der Waals surface area (Å²) in [7, 11) is 0. The normalized spacial score (nSPS) is 16.6. The first-order chi connectivity index (χ1) is 10.6. The van der Waals surface area contributed by atoms with Crippen molar-refractivity contribution in [1.29, 1.82) is 0 Å². The van der Waals surface area contributed by atoms with Crippen molar-refractivity contribution in [1.82, 2.24) is 4.98 Å². The number of carbonyl (C=O) groups excluding carboxylic acids is 1. The summed E-state index contributed by atoms with van der Waals surface area (Å²) < 4.78 is 0.569. The number of benzene rings is 1. The van der Waals surface area contributed by atoms with Crippen molar-refractivity contribution in [3.63, 3.8) is 0 Å². The van der Waals surface area contributed by atoms with Crippen molar-refractivity contribution >= 4 is 46.0 Å². The Labute approximate surface area is 139 Å². The number of nitrogens with zero attached hydrogens (tertiary/aromatic N) is 2. The summed E-state index contributed by atoms with van der Waals surface area (Å²) in [6.07, 6.45) is 5.26. The number of aromatic nitrogens is 1. The van der Waals surface area contributed by atoms with Crippen molar-refractivity contribution < 1.29 is 4.79 Å². The molecule has 2 heterocycles. The topological polar surface area (TPSA) is 33.2 Å². The number of thioether (sulfide) groups is 1. The van der Waals surface area contributed by atoms with Gasteiger partial charge in [0.25, 0.3) is 5.91 Å². The molecule has 0 radical (unpaired) electrons. The van der Waals surface area contributed by atoms with Gasteiger partial charge in [0.15, 0.2) is 4.32 Å². The van der Waals surface area contributed by atoms with Crippen LogP contribution in [0.25, 0.3) is 6.08 Å². The van der Waals surface area contributed by atoms with Gasteiger partial charge in [-0.05, 0) is 54.8 Å². The molecule has 110 valence electrons. The van der Waals surface area contributed by atoms with Crippen LogP contribution in [0.4, 0.5) is 5.69 Å². The lowest BCUT2D eigenvalue weighted by Gasteiger charge is -2.18. The van der Waals surface area contributed by atoms with Gasteiger partial charge in [-0.3, -0.25) is 14.7 Å². The van der Waals surface area contributed by atoms with E-state index in [4.69, 9.17) is 12.2 Å². The minimum Gasteiger partial charge on any atom is -0.268 e. The highest BCUT2D eigenvalue weighted by atomic mass is 32.2. The lowest BCUT2D eigenvalue weighted by atomic mass is 10.1. The summed E-state index contributed by atoms with van der Waals surface area (Å²) in [6.45, 7) is 4.04. The van der Waals surface area contributed by atoms with Crippen LogP contribution in [0.3, 0.4) is 0 Å². The van der Waals surface area contributed by atoms with Gasteiger partial charge in [0.05, 0.1) is 10.6 Å². The maximum atomic E-state index is 12.7. The van der Waals surface area contributed by atoms with E-state index in [1.54, 1.807) is 17.3 Å². The molecule has 22 heavy (non-hydrogen) atoms. The van der Waals surface area contributed by atoms with E-state index in [1.807, 2.05) is 50.3 Å². The molecule has 5 heteroatoms. The SMILES string of the molecule is Cc1cccc(N2C(=O)/C(=C/c3ccncc3)SC2=S)c1C. The van der Waals surface area contributed by atoms with Gasteiger partial charge in [-0.1, -0.05) is 36.1 Å². The fraction of sp³-hybridized carbons (Fsp3) is 0.118. The average molecular weight is 326 g/mol. The monoisotopic (exact) mass is 326 g/mol. The Hall–Kier alpha value is -1.98. The number of hydrogen-bond acceptors (Lipinski definition) is 4. The second-order valence-corrected chi connectivity index (χ2v) is 6.69. The minimum absolute atomic E-state index is 0.0690. The zero-order chi connectivity index (χ0) is 15.7. The molecular formula is C17H14N2OS2. The maximum absolute atomic E-state index is 12.7. The molecule has 0 aliphatic carbocycles. The third-order valence-corrected chi connectivity index (χ3v) is 4.92.